The molecule has 0 atom stereocenters. The van der Waals surface area contributed by atoms with Crippen molar-refractivity contribution in [3.63, 3.8) is 0 Å². The molecule has 0 aromatic carbocycles. The number of piperidine rings is 1. The summed E-state index contributed by atoms with van der Waals surface area (Å²) in [6, 6.07) is 0. The number of nitrogens with two attached hydrogens (primary N) is 1. The van der Waals surface area contributed by atoms with E-state index in [1.165, 1.54) is 0 Å². The lowest BCUT2D eigenvalue weighted by molar-refractivity contribution is 0.175. The standard InChI is InChI=1S/C9H18N4O5S/c1-9(7(10)11-15)3-5-13(6-4-9)19(16,17)12-8(14)18-2/h15H,3-6H2,1-2H3,(H2,10,11)(H,12,14). The van der Waals surface area contributed by atoms with Gasteiger partial charge in [0.25, 0.3) is 0 Å². The molecule has 0 aromatic heterocycles. The number of nitrogens with zero attached hydrogens (tertiary/aromatic N) is 2. The molecule has 0 radical (unpaired) electrons. The maximum Gasteiger partial charge on any atom is 0.421 e. The molecule has 0 unspecified atom stereocenters. The van der Waals surface area contributed by atoms with Gasteiger partial charge in [0.15, 0.2) is 0 Å². The highest BCUT2D eigenvalue weighted by Gasteiger charge is 2.38. The molecular weight excluding hydrogens is 276 g/mol. The Morgan fingerprint density at radius 1 is 1.47 bits per heavy atom. The van der Waals surface area contributed by atoms with Crippen LogP contribution < -0.4 is 10.5 Å². The molecule has 10 heteroatoms. The van der Waals surface area contributed by atoms with Gasteiger partial charge in [-0.1, -0.05) is 12.1 Å². The first-order chi connectivity index (χ1) is 8.75. The number of carbonyl (C=O) groups is 1. The Kier molecular flexibility index (Phi) is 4.58. The molecule has 110 valence electrons. The number of methoxy groups -OCH3 is 1. The molecule has 0 aliphatic carbocycles. The van der Waals surface area contributed by atoms with Crippen LogP contribution in [-0.4, -0.2) is 50.1 Å². The van der Waals surface area contributed by atoms with Crippen molar-refractivity contribution in [3.05, 3.63) is 0 Å². The fourth-order valence-electron chi connectivity index (χ4n) is 1.81. The Balaban J connectivity index is 2.71. The summed E-state index contributed by atoms with van der Waals surface area (Å²) < 4.78 is 30.8. The van der Waals surface area contributed by atoms with Crippen molar-refractivity contribution < 1.29 is 23.2 Å². The number of hydrogen-bond acceptors (Lipinski definition) is 6. The van der Waals surface area contributed by atoms with E-state index < -0.39 is 21.7 Å². The number of oxime groups is 1. The second-order valence-corrected chi connectivity index (χ2v) is 6.21. The molecule has 1 amide bonds. The van der Waals surface area contributed by atoms with Gasteiger partial charge in [-0.2, -0.15) is 12.7 Å². The van der Waals surface area contributed by atoms with Crippen molar-refractivity contribution in [2.75, 3.05) is 20.2 Å². The van der Waals surface area contributed by atoms with E-state index in [4.69, 9.17) is 10.9 Å². The van der Waals surface area contributed by atoms with Crippen molar-refractivity contribution in [1.82, 2.24) is 9.03 Å². The van der Waals surface area contributed by atoms with E-state index in [9.17, 15) is 13.2 Å². The molecule has 0 bridgehead atoms. The Labute approximate surface area is 111 Å². The van der Waals surface area contributed by atoms with Crippen LogP contribution in [0.3, 0.4) is 0 Å². The van der Waals surface area contributed by atoms with Gasteiger partial charge in [0, 0.05) is 18.5 Å². The highest BCUT2D eigenvalue weighted by Crippen LogP contribution is 2.31. The monoisotopic (exact) mass is 294 g/mol. The third-order valence-electron chi connectivity index (χ3n) is 3.29. The number of carbonyl (C=O) groups excluding carboxylic acids is 1. The third kappa shape index (κ3) is 3.47. The number of amidine groups is 1. The normalized spacial score (nSPS) is 20.8. The maximum atomic E-state index is 11.8. The Hall–Kier alpha value is -1.55. The highest BCUT2D eigenvalue weighted by molar-refractivity contribution is 7.87. The number of ether oxygens (including phenoxy) is 1. The van der Waals surface area contributed by atoms with Gasteiger partial charge in [0.1, 0.15) is 5.84 Å². The molecule has 0 spiro atoms. The first-order valence-corrected chi connectivity index (χ1v) is 7.03. The molecule has 1 fully saturated rings. The average molecular weight is 294 g/mol. The summed E-state index contributed by atoms with van der Waals surface area (Å²) in [5.74, 6) is 0.0745. The predicted molar refractivity (Wildman–Crippen MR) is 66.8 cm³/mol. The van der Waals surface area contributed by atoms with E-state index in [1.54, 1.807) is 11.6 Å². The smallest absolute Gasteiger partial charge is 0.421 e. The fourth-order valence-corrected chi connectivity index (χ4v) is 2.89. The number of amides is 1. The van der Waals surface area contributed by atoms with Crippen LogP contribution >= 0.6 is 0 Å². The van der Waals surface area contributed by atoms with E-state index in [2.05, 4.69) is 9.89 Å². The van der Waals surface area contributed by atoms with Gasteiger partial charge < -0.3 is 15.7 Å². The predicted octanol–water partition coefficient (Wildman–Crippen LogP) is -0.564. The fraction of sp³-hybridized carbons (Fsp3) is 0.778. The molecule has 1 aliphatic heterocycles. The minimum Gasteiger partial charge on any atom is -0.452 e. The molecule has 4 N–H and O–H groups in total. The minimum atomic E-state index is -3.91. The van der Waals surface area contributed by atoms with Gasteiger partial charge in [0.2, 0.25) is 0 Å². The Bertz CT molecular complexity index is 467. The number of rotatable bonds is 3. The van der Waals surface area contributed by atoms with Crippen molar-refractivity contribution in [1.29, 1.82) is 0 Å². The zero-order valence-electron chi connectivity index (χ0n) is 10.8. The van der Waals surface area contributed by atoms with Crippen molar-refractivity contribution in [2.24, 2.45) is 16.3 Å². The highest BCUT2D eigenvalue weighted by atomic mass is 32.2. The van der Waals surface area contributed by atoms with Crippen LogP contribution in [-0.2, 0) is 14.9 Å². The number of hydrogen-bond donors (Lipinski definition) is 3. The van der Waals surface area contributed by atoms with Crippen LogP contribution in [0.5, 0.6) is 0 Å². The summed E-state index contributed by atoms with van der Waals surface area (Å²) >= 11 is 0. The van der Waals surface area contributed by atoms with E-state index in [0.717, 1.165) is 11.4 Å². The zero-order valence-corrected chi connectivity index (χ0v) is 11.6. The lowest BCUT2D eigenvalue weighted by Gasteiger charge is -2.37. The van der Waals surface area contributed by atoms with E-state index in [-0.39, 0.29) is 18.9 Å². The van der Waals surface area contributed by atoms with Crippen LogP contribution in [0.25, 0.3) is 0 Å². The summed E-state index contributed by atoms with van der Waals surface area (Å²) in [5.41, 5.74) is 5.03. The Morgan fingerprint density at radius 3 is 2.42 bits per heavy atom. The van der Waals surface area contributed by atoms with Gasteiger partial charge in [-0.3, -0.25) is 0 Å². The van der Waals surface area contributed by atoms with Gasteiger partial charge in [-0.15, -0.1) is 0 Å². The summed E-state index contributed by atoms with van der Waals surface area (Å²) in [6.45, 7) is 2.12. The second-order valence-electron chi connectivity index (χ2n) is 4.54. The van der Waals surface area contributed by atoms with Gasteiger partial charge >= 0.3 is 16.3 Å². The molecule has 0 aromatic rings. The lowest BCUT2D eigenvalue weighted by atomic mass is 9.80. The zero-order chi connectivity index (χ0) is 14.7. The molecule has 9 nitrogen and oxygen atoms in total. The largest absolute Gasteiger partial charge is 0.452 e. The summed E-state index contributed by atoms with van der Waals surface area (Å²) in [6.07, 6.45) is -0.250. The molecule has 1 heterocycles. The van der Waals surface area contributed by atoms with E-state index >= 15 is 0 Å². The van der Waals surface area contributed by atoms with Crippen LogP contribution in [0.1, 0.15) is 19.8 Å². The van der Waals surface area contributed by atoms with E-state index in [1.807, 2.05) is 0 Å². The first kappa shape index (κ1) is 15.5. The van der Waals surface area contributed by atoms with Crippen LogP contribution in [0.4, 0.5) is 4.79 Å². The van der Waals surface area contributed by atoms with Gasteiger partial charge in [0.05, 0.1) is 7.11 Å². The topological polar surface area (TPSA) is 134 Å². The summed E-state index contributed by atoms with van der Waals surface area (Å²) in [5, 5.41) is 11.7. The molecule has 1 rings (SSSR count). The number of nitrogens with one attached hydrogen (secondary N) is 1. The average Bonchev–Trinajstić information content (AvgIpc) is 2.37. The van der Waals surface area contributed by atoms with Crippen molar-refractivity contribution >= 4 is 22.1 Å². The Morgan fingerprint density at radius 2 is 2.00 bits per heavy atom. The molecule has 1 saturated heterocycles. The first-order valence-electron chi connectivity index (χ1n) is 5.59. The second kappa shape index (κ2) is 5.61. The molecule has 19 heavy (non-hydrogen) atoms. The van der Waals surface area contributed by atoms with Crippen LogP contribution in [0, 0.1) is 5.41 Å². The lowest BCUT2D eigenvalue weighted by Crippen LogP contribution is -2.51. The van der Waals surface area contributed by atoms with Crippen molar-refractivity contribution in [3.8, 4) is 0 Å². The van der Waals surface area contributed by atoms with Gasteiger partial charge in [-0.05, 0) is 12.8 Å². The van der Waals surface area contributed by atoms with E-state index in [0.29, 0.717) is 12.8 Å². The quantitative estimate of drug-likeness (QED) is 0.276. The molecule has 1 aliphatic rings. The minimum absolute atomic E-state index is 0.0745. The van der Waals surface area contributed by atoms with Crippen LogP contribution in [0.15, 0.2) is 5.16 Å². The molecule has 0 saturated carbocycles. The molecular formula is C9H18N4O5S. The third-order valence-corrected chi connectivity index (χ3v) is 4.76. The van der Waals surface area contributed by atoms with Crippen molar-refractivity contribution in [2.45, 2.75) is 19.8 Å². The van der Waals surface area contributed by atoms with Crippen LogP contribution in [0.2, 0.25) is 0 Å². The SMILES string of the molecule is COC(=O)NS(=O)(=O)N1CCC(C)(C(N)=NO)CC1. The van der Waals surface area contributed by atoms with Gasteiger partial charge in [-0.25, -0.2) is 9.52 Å². The summed E-state index contributed by atoms with van der Waals surface area (Å²) in [4.78, 5) is 10.9. The summed E-state index contributed by atoms with van der Waals surface area (Å²) in [7, 11) is -2.83. The maximum absolute atomic E-state index is 11.8.